The zero-order chi connectivity index (χ0) is 25.5. The third kappa shape index (κ3) is 4.22. The lowest BCUT2D eigenvalue weighted by molar-refractivity contribution is -0.132. The molecule has 6 rings (SSSR count). The van der Waals surface area contributed by atoms with Gasteiger partial charge in [0.25, 0.3) is 5.91 Å². The van der Waals surface area contributed by atoms with Crippen LogP contribution in [0.3, 0.4) is 0 Å². The highest BCUT2D eigenvalue weighted by Gasteiger charge is 2.53. The van der Waals surface area contributed by atoms with Gasteiger partial charge in [-0.2, -0.15) is 0 Å². The van der Waals surface area contributed by atoms with Crippen LogP contribution in [0.1, 0.15) is 55.5 Å². The van der Waals surface area contributed by atoms with Crippen LogP contribution in [0.4, 0.5) is 5.82 Å². The average molecular weight is 499 g/mol. The summed E-state index contributed by atoms with van der Waals surface area (Å²) < 4.78 is 17.7. The van der Waals surface area contributed by atoms with E-state index in [-0.39, 0.29) is 29.5 Å². The Morgan fingerprint density at radius 3 is 2.65 bits per heavy atom. The maximum absolute atomic E-state index is 14.0. The zero-order valence-electron chi connectivity index (χ0n) is 21.1. The lowest BCUT2D eigenvalue weighted by Crippen LogP contribution is -2.41. The van der Waals surface area contributed by atoms with Crippen molar-refractivity contribution in [1.29, 1.82) is 0 Å². The van der Waals surface area contributed by atoms with Gasteiger partial charge < -0.3 is 14.0 Å². The topological polar surface area (TPSA) is 81.9 Å². The number of Topliss-reactive ketones (excluding diaryl/α,β-unsaturated/α-hetero) is 1. The fraction of sp³-hybridized carbons (Fsp3) is 0.367. The first-order chi connectivity index (χ1) is 18.0. The van der Waals surface area contributed by atoms with E-state index in [0.717, 1.165) is 36.8 Å². The molecule has 0 saturated heterocycles. The van der Waals surface area contributed by atoms with E-state index in [1.165, 1.54) is 4.90 Å². The minimum absolute atomic E-state index is 0.0149. The van der Waals surface area contributed by atoms with E-state index < -0.39 is 6.04 Å². The number of anilines is 1. The van der Waals surface area contributed by atoms with E-state index in [1.54, 1.807) is 13.0 Å². The Kier molecular flexibility index (Phi) is 6.07. The number of nitrogens with zero attached hydrogens (tertiary/aromatic N) is 2. The van der Waals surface area contributed by atoms with E-state index in [1.807, 2.05) is 54.6 Å². The van der Waals surface area contributed by atoms with Gasteiger partial charge in [0, 0.05) is 6.07 Å². The minimum atomic E-state index is -0.664. The van der Waals surface area contributed by atoms with Gasteiger partial charge in [0.05, 0.1) is 17.5 Å². The number of hydrogen-bond donors (Lipinski definition) is 0. The highest BCUT2D eigenvalue weighted by molar-refractivity contribution is 6.17. The molecule has 0 spiro atoms. The molecule has 0 N–H and O–H groups in total. The molecule has 1 saturated carbocycles. The molecule has 3 aromatic rings. The highest BCUT2D eigenvalue weighted by atomic mass is 16.5. The van der Waals surface area contributed by atoms with E-state index in [2.05, 4.69) is 12.1 Å². The lowest BCUT2D eigenvalue weighted by atomic mass is 9.73. The van der Waals surface area contributed by atoms with Gasteiger partial charge in [0.2, 0.25) is 0 Å². The van der Waals surface area contributed by atoms with Gasteiger partial charge >= 0.3 is 0 Å². The van der Waals surface area contributed by atoms with Crippen LogP contribution < -0.4 is 9.64 Å². The van der Waals surface area contributed by atoms with Crippen LogP contribution in [0.25, 0.3) is 0 Å². The van der Waals surface area contributed by atoms with Crippen molar-refractivity contribution in [3.63, 3.8) is 0 Å². The molecule has 4 unspecified atom stereocenters. The number of benzene rings is 2. The Bertz CT molecular complexity index is 1360. The average Bonchev–Trinajstić information content (AvgIpc) is 3.48. The largest absolute Gasteiger partial charge is 0.489 e. The van der Waals surface area contributed by atoms with Crippen LogP contribution in [0.5, 0.6) is 5.75 Å². The lowest BCUT2D eigenvalue weighted by Gasteiger charge is -2.38. The summed E-state index contributed by atoms with van der Waals surface area (Å²) in [5.41, 5.74) is 2.24. The Labute approximate surface area is 216 Å². The Hall–Kier alpha value is -3.87. The molecular weight excluding hydrogens is 468 g/mol. The summed E-state index contributed by atoms with van der Waals surface area (Å²) >= 11 is 0. The Morgan fingerprint density at radius 2 is 1.89 bits per heavy atom. The molecule has 3 heterocycles. The number of ketones is 1. The molecule has 0 radical (unpaired) electrons. The first kappa shape index (κ1) is 23.5. The molecule has 2 aliphatic heterocycles. The second kappa shape index (κ2) is 9.54. The number of fused-ring (bicyclic) bond motifs is 1. The molecule has 0 bridgehead atoms. The van der Waals surface area contributed by atoms with Gasteiger partial charge in [0.1, 0.15) is 24.2 Å². The molecular formula is C30H30N2O5. The van der Waals surface area contributed by atoms with Crippen LogP contribution >= 0.6 is 0 Å². The number of rotatable bonds is 6. The summed E-state index contributed by atoms with van der Waals surface area (Å²) in [5, 5.41) is 4.13. The maximum Gasteiger partial charge on any atom is 0.295 e. The molecule has 1 aromatic heterocycles. The summed E-state index contributed by atoms with van der Waals surface area (Å²) in [6, 6.07) is 18.6. The molecule has 1 aliphatic carbocycles. The summed E-state index contributed by atoms with van der Waals surface area (Å²) in [5.74, 6) is 1.68. The standard InChI is InChI=1S/C30H30N2O5/c1-3-19-12-13-24-23(15-19)28(33)26-27(32(30(34)29(26)36-24)25-14-18(2)37-31-25)21-10-7-11-22(16-21)35-17-20-8-5-4-6-9-20/h4-11,14,16,19,23-24,27H,3,12-13,15,17H2,1-2H3. The van der Waals surface area contributed by atoms with Gasteiger partial charge in [-0.25, -0.2) is 0 Å². The van der Waals surface area contributed by atoms with Crippen LogP contribution in [0, 0.1) is 18.8 Å². The van der Waals surface area contributed by atoms with Crippen molar-refractivity contribution in [3.05, 3.63) is 88.9 Å². The second-order valence-electron chi connectivity index (χ2n) is 10.2. The molecule has 1 amide bonds. The van der Waals surface area contributed by atoms with Crippen molar-refractivity contribution < 1.29 is 23.6 Å². The van der Waals surface area contributed by atoms with Crippen molar-refractivity contribution in [2.45, 2.75) is 58.3 Å². The van der Waals surface area contributed by atoms with Crippen molar-refractivity contribution in [1.82, 2.24) is 5.16 Å². The molecule has 2 aromatic carbocycles. The number of carbonyl (C=O) groups excluding carboxylic acids is 2. The molecule has 37 heavy (non-hydrogen) atoms. The van der Waals surface area contributed by atoms with E-state index in [0.29, 0.717) is 35.4 Å². The normalized spacial score (nSPS) is 25.1. The summed E-state index contributed by atoms with van der Waals surface area (Å²) in [6.07, 6.45) is 3.38. The maximum atomic E-state index is 14.0. The van der Waals surface area contributed by atoms with Gasteiger partial charge in [-0.1, -0.05) is 61.0 Å². The molecule has 4 atom stereocenters. The fourth-order valence-electron chi connectivity index (χ4n) is 5.86. The number of ether oxygens (including phenoxy) is 2. The number of hydrogen-bond acceptors (Lipinski definition) is 6. The second-order valence-corrected chi connectivity index (χ2v) is 10.2. The van der Waals surface area contributed by atoms with E-state index in [9.17, 15) is 9.59 Å². The Balaban J connectivity index is 1.38. The van der Waals surface area contributed by atoms with Crippen LogP contribution in [0.15, 0.2) is 76.5 Å². The van der Waals surface area contributed by atoms with Crippen LogP contribution in [-0.4, -0.2) is 23.0 Å². The molecule has 3 aliphatic rings. The van der Waals surface area contributed by atoms with E-state index in [4.69, 9.17) is 14.0 Å². The van der Waals surface area contributed by atoms with Crippen molar-refractivity contribution in [2.24, 2.45) is 11.8 Å². The van der Waals surface area contributed by atoms with Crippen molar-refractivity contribution >= 4 is 17.5 Å². The highest BCUT2D eigenvalue weighted by Crippen LogP contribution is 2.49. The van der Waals surface area contributed by atoms with Gasteiger partial charge in [-0.05, 0) is 55.4 Å². The smallest absolute Gasteiger partial charge is 0.295 e. The molecule has 7 nitrogen and oxygen atoms in total. The third-order valence-electron chi connectivity index (χ3n) is 7.82. The van der Waals surface area contributed by atoms with E-state index >= 15 is 0 Å². The summed E-state index contributed by atoms with van der Waals surface area (Å²) in [7, 11) is 0. The predicted octanol–water partition coefficient (Wildman–Crippen LogP) is 5.70. The minimum Gasteiger partial charge on any atom is -0.489 e. The first-order valence-electron chi connectivity index (χ1n) is 13.0. The third-order valence-corrected chi connectivity index (χ3v) is 7.82. The number of carbonyl (C=O) groups is 2. The first-order valence-corrected chi connectivity index (χ1v) is 13.0. The zero-order valence-corrected chi connectivity index (χ0v) is 21.1. The summed E-state index contributed by atoms with van der Waals surface area (Å²) in [6.45, 7) is 4.36. The van der Waals surface area contributed by atoms with Crippen molar-refractivity contribution in [2.75, 3.05) is 4.90 Å². The number of aryl methyl sites for hydroxylation is 1. The Morgan fingerprint density at radius 1 is 1.05 bits per heavy atom. The molecule has 190 valence electrons. The van der Waals surface area contributed by atoms with Gasteiger partial charge in [0.15, 0.2) is 17.4 Å². The van der Waals surface area contributed by atoms with Crippen molar-refractivity contribution in [3.8, 4) is 5.75 Å². The molecule has 7 heteroatoms. The summed E-state index contributed by atoms with van der Waals surface area (Å²) in [4.78, 5) is 29.3. The fourth-order valence-corrected chi connectivity index (χ4v) is 5.86. The predicted molar refractivity (Wildman–Crippen MR) is 137 cm³/mol. The van der Waals surface area contributed by atoms with Crippen LogP contribution in [0.2, 0.25) is 0 Å². The number of amides is 1. The SMILES string of the molecule is CCC1CCC2OC3=C(C(=O)C2C1)C(c1cccc(OCc2ccccc2)c1)N(c1cc(C)on1)C3=O. The van der Waals surface area contributed by atoms with Gasteiger partial charge in [-0.3, -0.25) is 14.5 Å². The monoisotopic (exact) mass is 498 g/mol. The molecule has 1 fully saturated rings. The van der Waals surface area contributed by atoms with Crippen LogP contribution in [-0.2, 0) is 20.9 Å². The quantitative estimate of drug-likeness (QED) is 0.434. The van der Waals surface area contributed by atoms with Gasteiger partial charge in [-0.15, -0.1) is 0 Å². The number of aromatic nitrogens is 1.